The molecular weight excluding hydrogens is 395 g/mol. The molecule has 3 N–H and O–H groups in total. The minimum atomic E-state index is -4.68. The Kier molecular flexibility index (Phi) is 4.57. The normalized spacial score (nSPS) is 18.1. The quantitative estimate of drug-likeness (QED) is 0.625. The number of nitrogens with one attached hydrogen (secondary N) is 1. The second-order valence-corrected chi connectivity index (χ2v) is 7.26. The average Bonchev–Trinajstić information content (AvgIpc) is 3.47. The van der Waals surface area contributed by atoms with Crippen molar-refractivity contribution < 1.29 is 18.0 Å². The predicted octanol–water partition coefficient (Wildman–Crippen LogP) is 4.30. The molecule has 6 nitrogen and oxygen atoms in total. The molecule has 152 valence electrons. The number of amides is 1. The van der Waals surface area contributed by atoms with Crippen LogP contribution in [-0.2, 0) is 11.0 Å². The number of nitriles is 1. The van der Waals surface area contributed by atoms with Crippen LogP contribution in [0.3, 0.4) is 0 Å². The number of pyridine rings is 2. The lowest BCUT2D eigenvalue weighted by atomic mass is 9.92. The van der Waals surface area contributed by atoms with Gasteiger partial charge in [-0.3, -0.25) is 9.78 Å². The van der Waals surface area contributed by atoms with Crippen molar-refractivity contribution in [2.75, 3.05) is 11.1 Å². The first-order chi connectivity index (χ1) is 14.2. The number of nitrogens with zero attached hydrogens (tertiary/aromatic N) is 3. The van der Waals surface area contributed by atoms with Gasteiger partial charge in [0, 0.05) is 29.5 Å². The van der Waals surface area contributed by atoms with Gasteiger partial charge in [-0.1, -0.05) is 0 Å². The standard InChI is InChI=1S/C21H16F3N5O/c1-10-2-3-27-8-15(10)14-4-11-6-17(29-20(30)13-5-12(13)7-25)28-9-16(11)19(26)18(14)21(22,23)24/h2-4,6,8-9,12-13H,5,26H2,1H3,(H,28,29,30)/t12-,13+/m1/s1. The Balaban J connectivity index is 1.84. The van der Waals surface area contributed by atoms with E-state index in [1.807, 2.05) is 6.07 Å². The lowest BCUT2D eigenvalue weighted by Gasteiger charge is -2.19. The Morgan fingerprint density at radius 2 is 2.07 bits per heavy atom. The molecule has 0 unspecified atom stereocenters. The fourth-order valence-corrected chi connectivity index (χ4v) is 3.50. The molecule has 3 aromatic rings. The number of halogens is 3. The van der Waals surface area contributed by atoms with Crippen LogP contribution in [-0.4, -0.2) is 15.9 Å². The van der Waals surface area contributed by atoms with Gasteiger partial charge >= 0.3 is 6.18 Å². The second kappa shape index (κ2) is 6.99. The lowest BCUT2D eigenvalue weighted by molar-refractivity contribution is -0.136. The van der Waals surface area contributed by atoms with Gasteiger partial charge in [0.2, 0.25) is 5.91 Å². The molecule has 1 aromatic carbocycles. The largest absolute Gasteiger partial charge is 0.419 e. The van der Waals surface area contributed by atoms with Crippen molar-refractivity contribution in [1.82, 2.24) is 9.97 Å². The van der Waals surface area contributed by atoms with Gasteiger partial charge in [0.15, 0.2) is 0 Å². The van der Waals surface area contributed by atoms with E-state index in [9.17, 15) is 18.0 Å². The summed E-state index contributed by atoms with van der Waals surface area (Å²) in [5.74, 6) is -0.852. The van der Waals surface area contributed by atoms with Crippen molar-refractivity contribution in [2.45, 2.75) is 19.5 Å². The Bertz CT molecular complexity index is 1220. The van der Waals surface area contributed by atoms with E-state index in [4.69, 9.17) is 11.0 Å². The Morgan fingerprint density at radius 3 is 2.70 bits per heavy atom. The third kappa shape index (κ3) is 3.41. The summed E-state index contributed by atoms with van der Waals surface area (Å²) in [6, 6.07) is 6.51. The van der Waals surface area contributed by atoms with Crippen LogP contribution >= 0.6 is 0 Å². The van der Waals surface area contributed by atoms with Crippen LogP contribution in [0.5, 0.6) is 0 Å². The monoisotopic (exact) mass is 411 g/mol. The molecule has 0 radical (unpaired) electrons. The molecule has 0 spiro atoms. The number of carbonyl (C=O) groups is 1. The smallest absolute Gasteiger partial charge is 0.398 e. The van der Waals surface area contributed by atoms with Crippen molar-refractivity contribution in [3.05, 3.63) is 47.9 Å². The fourth-order valence-electron chi connectivity index (χ4n) is 3.50. The highest BCUT2D eigenvalue weighted by Crippen LogP contribution is 2.45. The highest BCUT2D eigenvalue weighted by atomic mass is 19.4. The van der Waals surface area contributed by atoms with Gasteiger partial charge in [-0.25, -0.2) is 4.98 Å². The third-order valence-corrected chi connectivity index (χ3v) is 5.22. The van der Waals surface area contributed by atoms with Gasteiger partial charge in [-0.15, -0.1) is 0 Å². The number of nitrogen functional groups attached to an aromatic ring is 1. The van der Waals surface area contributed by atoms with Crippen LogP contribution in [0.1, 0.15) is 17.5 Å². The first-order valence-electron chi connectivity index (χ1n) is 9.11. The van der Waals surface area contributed by atoms with E-state index >= 15 is 0 Å². The summed E-state index contributed by atoms with van der Waals surface area (Å²) in [7, 11) is 0. The van der Waals surface area contributed by atoms with Crippen LogP contribution in [0.15, 0.2) is 36.8 Å². The van der Waals surface area contributed by atoms with E-state index in [-0.39, 0.29) is 28.6 Å². The number of hydrogen-bond acceptors (Lipinski definition) is 5. The molecule has 1 fully saturated rings. The van der Waals surface area contributed by atoms with E-state index < -0.39 is 23.3 Å². The maximum Gasteiger partial charge on any atom is 0.419 e. The summed E-state index contributed by atoms with van der Waals surface area (Å²) in [5, 5.41) is 12.0. The highest BCUT2D eigenvalue weighted by molar-refractivity contribution is 6.02. The number of aromatic nitrogens is 2. The molecule has 2 heterocycles. The van der Waals surface area contributed by atoms with Crippen LogP contribution < -0.4 is 11.1 Å². The molecule has 1 saturated carbocycles. The maximum absolute atomic E-state index is 13.9. The number of nitrogens with two attached hydrogens (primary N) is 1. The molecule has 1 aliphatic rings. The zero-order chi connectivity index (χ0) is 21.6. The summed E-state index contributed by atoms with van der Waals surface area (Å²) < 4.78 is 41.6. The summed E-state index contributed by atoms with van der Waals surface area (Å²) in [5.41, 5.74) is 5.40. The molecular formula is C21H16F3N5O. The van der Waals surface area contributed by atoms with Crippen molar-refractivity contribution in [1.29, 1.82) is 5.26 Å². The average molecular weight is 411 g/mol. The zero-order valence-corrected chi connectivity index (χ0v) is 15.8. The topological polar surface area (TPSA) is 105 Å². The molecule has 30 heavy (non-hydrogen) atoms. The van der Waals surface area contributed by atoms with Crippen LogP contribution in [0, 0.1) is 30.1 Å². The van der Waals surface area contributed by atoms with E-state index in [0.717, 1.165) is 0 Å². The first kappa shape index (κ1) is 19.6. The maximum atomic E-state index is 13.9. The fraction of sp³-hybridized carbons (Fsp3) is 0.238. The van der Waals surface area contributed by atoms with E-state index in [1.54, 1.807) is 13.0 Å². The number of hydrogen-bond donors (Lipinski definition) is 2. The third-order valence-electron chi connectivity index (χ3n) is 5.22. The molecule has 2 atom stereocenters. The molecule has 2 aromatic heterocycles. The second-order valence-electron chi connectivity index (χ2n) is 7.26. The number of alkyl halides is 3. The minimum Gasteiger partial charge on any atom is -0.398 e. The van der Waals surface area contributed by atoms with Gasteiger partial charge in [-0.05, 0) is 48.1 Å². The summed E-state index contributed by atoms with van der Waals surface area (Å²) >= 11 is 0. The van der Waals surface area contributed by atoms with Crippen LogP contribution in [0.4, 0.5) is 24.7 Å². The minimum absolute atomic E-state index is 0.0895. The number of fused-ring (bicyclic) bond motifs is 1. The SMILES string of the molecule is Cc1ccncc1-c1cc2cc(NC(=O)[C@H]3C[C@@H]3C#N)ncc2c(N)c1C(F)(F)F. The molecule has 1 amide bonds. The number of carbonyl (C=O) groups excluding carboxylic acids is 1. The summed E-state index contributed by atoms with van der Waals surface area (Å²) in [6.07, 6.45) is -0.113. The van der Waals surface area contributed by atoms with Gasteiger partial charge in [-0.2, -0.15) is 18.4 Å². The van der Waals surface area contributed by atoms with Gasteiger partial charge < -0.3 is 11.1 Å². The van der Waals surface area contributed by atoms with E-state index in [1.165, 1.54) is 30.7 Å². The number of anilines is 2. The number of rotatable bonds is 3. The first-order valence-corrected chi connectivity index (χ1v) is 9.11. The van der Waals surface area contributed by atoms with Crippen molar-refractivity contribution in [3.8, 4) is 17.2 Å². The Hall–Kier alpha value is -3.67. The van der Waals surface area contributed by atoms with Crippen LogP contribution in [0.25, 0.3) is 21.9 Å². The Morgan fingerprint density at radius 1 is 1.30 bits per heavy atom. The summed E-state index contributed by atoms with van der Waals surface area (Å²) in [6.45, 7) is 1.69. The van der Waals surface area contributed by atoms with Crippen molar-refractivity contribution >= 4 is 28.2 Å². The number of aryl methyl sites for hydroxylation is 1. The molecule has 4 rings (SSSR count). The van der Waals surface area contributed by atoms with Gasteiger partial charge in [0.25, 0.3) is 0 Å². The van der Waals surface area contributed by atoms with Crippen LogP contribution in [0.2, 0.25) is 0 Å². The molecule has 1 aliphatic carbocycles. The van der Waals surface area contributed by atoms with Gasteiger partial charge in [0.1, 0.15) is 5.82 Å². The number of benzene rings is 1. The van der Waals surface area contributed by atoms with Crippen molar-refractivity contribution in [3.63, 3.8) is 0 Å². The Labute approximate surface area is 169 Å². The highest BCUT2D eigenvalue weighted by Gasteiger charge is 2.43. The molecule has 0 aliphatic heterocycles. The van der Waals surface area contributed by atoms with E-state index in [2.05, 4.69) is 15.3 Å². The van der Waals surface area contributed by atoms with Crippen molar-refractivity contribution in [2.24, 2.45) is 11.8 Å². The molecule has 0 bridgehead atoms. The molecule has 9 heteroatoms. The summed E-state index contributed by atoms with van der Waals surface area (Å²) in [4.78, 5) is 20.2. The molecule has 0 saturated heterocycles. The van der Waals surface area contributed by atoms with E-state index in [0.29, 0.717) is 22.9 Å². The predicted molar refractivity (Wildman–Crippen MR) is 105 cm³/mol. The lowest BCUT2D eigenvalue weighted by Crippen LogP contribution is -2.16. The zero-order valence-electron chi connectivity index (χ0n) is 15.8. The van der Waals surface area contributed by atoms with Gasteiger partial charge in [0.05, 0.1) is 29.2 Å².